The average Bonchev–Trinajstić information content (AvgIpc) is 2.27. The van der Waals surface area contributed by atoms with E-state index in [-0.39, 0.29) is 5.41 Å². The van der Waals surface area contributed by atoms with Crippen LogP contribution in [0.3, 0.4) is 0 Å². The highest BCUT2D eigenvalue weighted by molar-refractivity contribution is 5.83. The Kier molecular flexibility index (Phi) is 4.66. The van der Waals surface area contributed by atoms with Crippen LogP contribution in [-0.2, 0) is 5.41 Å². The second-order valence-corrected chi connectivity index (χ2v) is 4.93. The Morgan fingerprint density at radius 2 is 1.88 bits per heavy atom. The van der Waals surface area contributed by atoms with E-state index in [4.69, 9.17) is 11.5 Å². The van der Waals surface area contributed by atoms with Crippen LogP contribution in [0.2, 0.25) is 0 Å². The zero-order chi connectivity index (χ0) is 12.9. The molecule has 0 bridgehead atoms. The summed E-state index contributed by atoms with van der Waals surface area (Å²) in [7, 11) is 0. The number of benzene rings is 1. The molecule has 94 valence electrons. The van der Waals surface area contributed by atoms with Crippen LogP contribution in [0.1, 0.15) is 32.8 Å². The van der Waals surface area contributed by atoms with Crippen LogP contribution < -0.4 is 16.9 Å². The summed E-state index contributed by atoms with van der Waals surface area (Å²) in [5, 5.41) is 4.15. The molecule has 0 atom stereocenters. The van der Waals surface area contributed by atoms with Crippen LogP contribution in [0.25, 0.3) is 0 Å². The maximum atomic E-state index is 5.38. The Hall–Kier alpha value is -1.39. The third-order valence-corrected chi connectivity index (χ3v) is 2.66. The molecule has 17 heavy (non-hydrogen) atoms. The van der Waals surface area contributed by atoms with Crippen molar-refractivity contribution in [3.63, 3.8) is 0 Å². The van der Waals surface area contributed by atoms with Gasteiger partial charge in [-0.3, -0.25) is 16.9 Å². The molecule has 0 aliphatic rings. The van der Waals surface area contributed by atoms with Gasteiger partial charge in [-0.05, 0) is 24.3 Å². The zero-order valence-electron chi connectivity index (χ0n) is 10.8. The van der Waals surface area contributed by atoms with Crippen molar-refractivity contribution in [3.8, 4) is 0 Å². The molecular weight excluding hydrogens is 212 g/mol. The first kappa shape index (κ1) is 13.7. The van der Waals surface area contributed by atoms with Crippen molar-refractivity contribution in [2.45, 2.75) is 38.9 Å². The summed E-state index contributed by atoms with van der Waals surface area (Å²) in [5.41, 5.74) is 15.7. The third-order valence-electron chi connectivity index (χ3n) is 2.66. The molecule has 5 N–H and O–H groups in total. The first-order valence-corrected chi connectivity index (χ1v) is 5.77. The molecule has 4 heteroatoms. The summed E-state index contributed by atoms with van der Waals surface area (Å²) in [6.07, 6.45) is 0.251. The number of nitrogens with zero attached hydrogens (tertiary/aromatic N) is 1. The predicted octanol–water partition coefficient (Wildman–Crippen LogP) is 1.52. The zero-order valence-corrected chi connectivity index (χ0v) is 10.8. The molecule has 1 aromatic rings. The minimum absolute atomic E-state index is 0.0508. The van der Waals surface area contributed by atoms with Crippen molar-refractivity contribution in [1.29, 1.82) is 0 Å². The summed E-state index contributed by atoms with van der Waals surface area (Å²) in [5.74, 6) is 0. The van der Waals surface area contributed by atoms with Crippen molar-refractivity contribution in [2.24, 2.45) is 16.6 Å². The molecule has 1 aromatic carbocycles. The molecule has 0 saturated carbocycles. The van der Waals surface area contributed by atoms with Gasteiger partial charge >= 0.3 is 0 Å². The van der Waals surface area contributed by atoms with E-state index < -0.39 is 6.29 Å². The fourth-order valence-electron chi connectivity index (χ4n) is 1.86. The second-order valence-electron chi connectivity index (χ2n) is 4.93. The first-order valence-electron chi connectivity index (χ1n) is 5.77. The van der Waals surface area contributed by atoms with E-state index in [9.17, 15) is 0 Å². The summed E-state index contributed by atoms with van der Waals surface area (Å²) >= 11 is 0. The van der Waals surface area contributed by atoms with Crippen LogP contribution in [0.15, 0.2) is 35.4 Å². The molecule has 0 amide bonds. The van der Waals surface area contributed by atoms with Crippen LogP contribution in [-0.4, -0.2) is 12.0 Å². The monoisotopic (exact) mass is 234 g/mol. The number of nitrogens with one attached hydrogen (secondary N) is 1. The summed E-state index contributed by atoms with van der Waals surface area (Å²) < 4.78 is 0. The van der Waals surface area contributed by atoms with Gasteiger partial charge in [-0.2, -0.15) is 5.10 Å². The van der Waals surface area contributed by atoms with Crippen LogP contribution in [0.4, 0.5) is 0 Å². The first-order chi connectivity index (χ1) is 7.92. The molecule has 1 rings (SSSR count). The smallest absolute Gasteiger partial charge is 0.142 e. The maximum Gasteiger partial charge on any atom is 0.142 e. The van der Waals surface area contributed by atoms with Gasteiger partial charge in [0.15, 0.2) is 0 Å². The Labute approximate surface area is 103 Å². The van der Waals surface area contributed by atoms with E-state index in [1.54, 1.807) is 0 Å². The van der Waals surface area contributed by atoms with E-state index in [2.05, 4.69) is 48.6 Å². The lowest BCUT2D eigenvalue weighted by molar-refractivity contribution is 0.534. The van der Waals surface area contributed by atoms with Gasteiger partial charge in [-0.15, -0.1) is 0 Å². The van der Waals surface area contributed by atoms with Gasteiger partial charge in [0, 0.05) is 5.71 Å². The molecule has 0 unspecified atom stereocenters. The van der Waals surface area contributed by atoms with Crippen molar-refractivity contribution >= 4 is 5.71 Å². The molecule has 0 fully saturated rings. The normalized spacial score (nSPS) is 12.9. The molecule has 0 saturated heterocycles. The fraction of sp³-hybridized carbons (Fsp3) is 0.462. The van der Waals surface area contributed by atoms with Crippen molar-refractivity contribution in [1.82, 2.24) is 5.43 Å². The Balaban J connectivity index is 2.70. The van der Waals surface area contributed by atoms with Gasteiger partial charge in [0.1, 0.15) is 6.29 Å². The summed E-state index contributed by atoms with van der Waals surface area (Å²) in [6.45, 7) is 6.37. The fourth-order valence-corrected chi connectivity index (χ4v) is 1.86. The largest absolute Gasteiger partial charge is 0.298 e. The maximum absolute atomic E-state index is 5.38. The Bertz CT molecular complexity index is 368. The van der Waals surface area contributed by atoms with Crippen LogP contribution in [0, 0.1) is 0 Å². The second kappa shape index (κ2) is 5.80. The van der Waals surface area contributed by atoms with Gasteiger partial charge in [0.2, 0.25) is 0 Å². The highest BCUT2D eigenvalue weighted by Gasteiger charge is 2.21. The molecule has 0 aromatic heterocycles. The minimum atomic E-state index is -0.607. The molecule has 0 aliphatic heterocycles. The van der Waals surface area contributed by atoms with Gasteiger partial charge in [0.25, 0.3) is 0 Å². The van der Waals surface area contributed by atoms with Gasteiger partial charge < -0.3 is 0 Å². The number of hydrazone groups is 1. The minimum Gasteiger partial charge on any atom is -0.298 e. The molecule has 0 heterocycles. The van der Waals surface area contributed by atoms with Crippen LogP contribution >= 0.6 is 0 Å². The van der Waals surface area contributed by atoms with Gasteiger partial charge in [-0.1, -0.05) is 44.2 Å². The molecule has 0 aliphatic carbocycles. The van der Waals surface area contributed by atoms with E-state index in [1.165, 1.54) is 5.56 Å². The summed E-state index contributed by atoms with van der Waals surface area (Å²) in [4.78, 5) is 0. The van der Waals surface area contributed by atoms with E-state index in [0.717, 1.165) is 12.1 Å². The molecule has 4 nitrogen and oxygen atoms in total. The molecule has 0 radical (unpaired) electrons. The topological polar surface area (TPSA) is 76.4 Å². The van der Waals surface area contributed by atoms with Gasteiger partial charge in [-0.25, -0.2) is 0 Å². The Morgan fingerprint density at radius 1 is 1.29 bits per heavy atom. The number of rotatable bonds is 5. The van der Waals surface area contributed by atoms with Crippen molar-refractivity contribution in [3.05, 3.63) is 35.9 Å². The lowest BCUT2D eigenvalue weighted by atomic mass is 9.80. The third kappa shape index (κ3) is 4.54. The molecule has 0 spiro atoms. The van der Waals surface area contributed by atoms with E-state index in [1.807, 2.05) is 13.0 Å². The highest BCUT2D eigenvalue weighted by atomic mass is 15.4. The lowest BCUT2D eigenvalue weighted by Gasteiger charge is -2.25. The van der Waals surface area contributed by atoms with E-state index >= 15 is 0 Å². The van der Waals surface area contributed by atoms with Crippen molar-refractivity contribution < 1.29 is 0 Å². The van der Waals surface area contributed by atoms with E-state index in [0.29, 0.717) is 0 Å². The summed E-state index contributed by atoms with van der Waals surface area (Å²) in [6, 6.07) is 10.4. The number of hydrogen-bond acceptors (Lipinski definition) is 4. The molecular formula is C13H22N4. The standard InChI is InChI=1S/C13H22N4/c1-10(16-17-12(14)15)9-13(2,3)11-7-5-4-6-8-11/h4-8,12,17H,9,14-15H2,1-3H3. The quantitative estimate of drug-likeness (QED) is 0.411. The lowest BCUT2D eigenvalue weighted by Crippen LogP contribution is -2.42. The van der Waals surface area contributed by atoms with Gasteiger partial charge in [0.05, 0.1) is 0 Å². The van der Waals surface area contributed by atoms with Crippen molar-refractivity contribution in [2.75, 3.05) is 0 Å². The average molecular weight is 234 g/mol. The predicted molar refractivity (Wildman–Crippen MR) is 72.5 cm³/mol. The number of hydrogen-bond donors (Lipinski definition) is 3. The highest BCUT2D eigenvalue weighted by Crippen LogP contribution is 2.26. The SMILES string of the molecule is CC(CC(C)(C)c1ccccc1)=NNC(N)N. The number of nitrogens with two attached hydrogens (primary N) is 2. The van der Waals surface area contributed by atoms with Crippen LogP contribution in [0.5, 0.6) is 0 Å². The Morgan fingerprint density at radius 3 is 2.41 bits per heavy atom.